The monoisotopic (exact) mass is 423 g/mol. The third-order valence-electron chi connectivity index (χ3n) is 5.99. The molecule has 0 spiro atoms. The SMILES string of the molecule is Cc1ccc(CC(=O)N2CCC3C(=O)N(Cc4cccc(F)c4)CC(=O)N3CC2)cc1. The molecule has 2 fully saturated rings. The van der Waals surface area contributed by atoms with Crippen molar-refractivity contribution in [2.24, 2.45) is 0 Å². The number of carbonyl (C=O) groups excluding carboxylic acids is 3. The van der Waals surface area contributed by atoms with Crippen LogP contribution in [0.2, 0.25) is 0 Å². The molecule has 31 heavy (non-hydrogen) atoms. The number of rotatable bonds is 4. The molecule has 2 aromatic rings. The number of hydrogen-bond donors (Lipinski definition) is 0. The lowest BCUT2D eigenvalue weighted by molar-refractivity contribution is -0.156. The quantitative estimate of drug-likeness (QED) is 0.757. The molecule has 2 aromatic carbocycles. The van der Waals surface area contributed by atoms with Gasteiger partial charge in [0.1, 0.15) is 18.4 Å². The van der Waals surface area contributed by atoms with Crippen LogP contribution in [-0.4, -0.2) is 64.6 Å². The Labute approximate surface area is 181 Å². The first kappa shape index (κ1) is 21.0. The van der Waals surface area contributed by atoms with E-state index in [1.807, 2.05) is 31.2 Å². The van der Waals surface area contributed by atoms with Crippen LogP contribution >= 0.6 is 0 Å². The van der Waals surface area contributed by atoms with Crippen molar-refractivity contribution in [2.75, 3.05) is 26.2 Å². The van der Waals surface area contributed by atoms with E-state index in [2.05, 4.69) is 0 Å². The summed E-state index contributed by atoms with van der Waals surface area (Å²) in [7, 11) is 0. The molecule has 1 unspecified atom stereocenters. The Bertz CT molecular complexity index is 992. The van der Waals surface area contributed by atoms with E-state index in [1.54, 1.807) is 21.9 Å². The van der Waals surface area contributed by atoms with Crippen molar-refractivity contribution in [3.05, 3.63) is 71.0 Å². The average molecular weight is 423 g/mol. The molecule has 162 valence electrons. The highest BCUT2D eigenvalue weighted by molar-refractivity contribution is 5.95. The summed E-state index contributed by atoms with van der Waals surface area (Å²) < 4.78 is 13.5. The number of amides is 3. The van der Waals surface area contributed by atoms with Gasteiger partial charge in [0, 0.05) is 26.2 Å². The van der Waals surface area contributed by atoms with Crippen LogP contribution in [-0.2, 0) is 27.3 Å². The summed E-state index contributed by atoms with van der Waals surface area (Å²) in [5.41, 5.74) is 2.74. The summed E-state index contributed by atoms with van der Waals surface area (Å²) in [5.74, 6) is -0.641. The maximum atomic E-state index is 13.5. The largest absolute Gasteiger partial charge is 0.341 e. The average Bonchev–Trinajstić information content (AvgIpc) is 2.97. The van der Waals surface area contributed by atoms with E-state index in [1.165, 1.54) is 17.0 Å². The molecule has 2 aliphatic heterocycles. The molecule has 6 nitrogen and oxygen atoms in total. The van der Waals surface area contributed by atoms with Crippen LogP contribution in [0.4, 0.5) is 4.39 Å². The first-order valence-electron chi connectivity index (χ1n) is 10.6. The molecule has 0 bridgehead atoms. The molecule has 2 aliphatic rings. The van der Waals surface area contributed by atoms with Crippen LogP contribution in [0.5, 0.6) is 0 Å². The van der Waals surface area contributed by atoms with E-state index >= 15 is 0 Å². The van der Waals surface area contributed by atoms with E-state index in [0.717, 1.165) is 11.1 Å². The van der Waals surface area contributed by atoms with Gasteiger partial charge < -0.3 is 14.7 Å². The standard InChI is InChI=1S/C24H26FN3O3/c1-17-5-7-18(8-6-17)14-22(29)26-10-9-21-24(31)27(16-23(30)28(21)12-11-26)15-19-3-2-4-20(25)13-19/h2-8,13,21H,9-12,14-16H2,1H3. The van der Waals surface area contributed by atoms with Gasteiger partial charge in [-0.05, 0) is 36.6 Å². The molecule has 0 aromatic heterocycles. The molecule has 0 aliphatic carbocycles. The van der Waals surface area contributed by atoms with Crippen molar-refractivity contribution in [3.8, 4) is 0 Å². The lowest BCUT2D eigenvalue weighted by atomic mass is 10.1. The third-order valence-corrected chi connectivity index (χ3v) is 5.99. The number of nitrogens with zero attached hydrogens (tertiary/aromatic N) is 3. The van der Waals surface area contributed by atoms with Gasteiger partial charge in [0.2, 0.25) is 17.7 Å². The molecule has 0 N–H and O–H groups in total. The van der Waals surface area contributed by atoms with Crippen LogP contribution < -0.4 is 0 Å². The number of carbonyl (C=O) groups is 3. The molecule has 1 atom stereocenters. The molecule has 2 saturated heterocycles. The first-order valence-corrected chi connectivity index (χ1v) is 10.6. The normalized spacial score (nSPS) is 19.3. The number of halogens is 1. The summed E-state index contributed by atoms with van der Waals surface area (Å²) in [6.45, 7) is 3.37. The fourth-order valence-electron chi connectivity index (χ4n) is 4.26. The highest BCUT2D eigenvalue weighted by Crippen LogP contribution is 2.21. The van der Waals surface area contributed by atoms with Crippen molar-refractivity contribution in [2.45, 2.75) is 32.4 Å². The van der Waals surface area contributed by atoms with E-state index in [-0.39, 0.29) is 36.6 Å². The minimum atomic E-state index is -0.577. The van der Waals surface area contributed by atoms with Crippen LogP contribution in [0.3, 0.4) is 0 Å². The van der Waals surface area contributed by atoms with Gasteiger partial charge in [0.05, 0.1) is 6.42 Å². The van der Waals surface area contributed by atoms with Crippen molar-refractivity contribution in [1.29, 1.82) is 0 Å². The van der Waals surface area contributed by atoms with Gasteiger partial charge in [-0.2, -0.15) is 0 Å². The third kappa shape index (κ3) is 4.76. The summed E-state index contributed by atoms with van der Waals surface area (Å²) in [6, 6.07) is 13.3. The Hall–Kier alpha value is -3.22. The molecule has 0 radical (unpaired) electrons. The first-order chi connectivity index (χ1) is 14.9. The number of fused-ring (bicyclic) bond motifs is 1. The minimum Gasteiger partial charge on any atom is -0.341 e. The molecular weight excluding hydrogens is 397 g/mol. The van der Waals surface area contributed by atoms with Gasteiger partial charge in [0.15, 0.2) is 0 Å². The molecular formula is C24H26FN3O3. The van der Waals surface area contributed by atoms with Crippen LogP contribution in [0, 0.1) is 12.7 Å². The van der Waals surface area contributed by atoms with Crippen molar-refractivity contribution in [3.63, 3.8) is 0 Å². The van der Waals surface area contributed by atoms with E-state index in [4.69, 9.17) is 0 Å². The molecule has 3 amide bonds. The smallest absolute Gasteiger partial charge is 0.246 e. The molecule has 4 rings (SSSR count). The fraction of sp³-hybridized carbons (Fsp3) is 0.375. The zero-order valence-corrected chi connectivity index (χ0v) is 17.6. The number of hydrogen-bond acceptors (Lipinski definition) is 3. The second-order valence-corrected chi connectivity index (χ2v) is 8.26. The van der Waals surface area contributed by atoms with Gasteiger partial charge in [-0.25, -0.2) is 4.39 Å². The van der Waals surface area contributed by atoms with Gasteiger partial charge in [0.25, 0.3) is 0 Å². The lowest BCUT2D eigenvalue weighted by Gasteiger charge is -2.39. The van der Waals surface area contributed by atoms with Gasteiger partial charge in [-0.1, -0.05) is 42.0 Å². The summed E-state index contributed by atoms with van der Waals surface area (Å²) in [6.07, 6.45) is 0.711. The Morgan fingerprint density at radius 3 is 2.55 bits per heavy atom. The predicted octanol–water partition coefficient (Wildman–Crippen LogP) is 2.15. The lowest BCUT2D eigenvalue weighted by Crippen LogP contribution is -2.59. The molecule has 7 heteroatoms. The van der Waals surface area contributed by atoms with Crippen molar-refractivity contribution < 1.29 is 18.8 Å². The van der Waals surface area contributed by atoms with Gasteiger partial charge >= 0.3 is 0 Å². The van der Waals surface area contributed by atoms with Gasteiger partial charge in [-0.3, -0.25) is 14.4 Å². The topological polar surface area (TPSA) is 60.9 Å². The number of piperazine rings is 1. The number of benzene rings is 2. The van der Waals surface area contributed by atoms with E-state index in [0.29, 0.717) is 38.0 Å². The second-order valence-electron chi connectivity index (χ2n) is 8.26. The Kier molecular flexibility index (Phi) is 6.02. The summed E-state index contributed by atoms with van der Waals surface area (Å²) in [5, 5.41) is 0. The fourth-order valence-corrected chi connectivity index (χ4v) is 4.26. The summed E-state index contributed by atoms with van der Waals surface area (Å²) >= 11 is 0. The Morgan fingerprint density at radius 1 is 1.03 bits per heavy atom. The molecule has 2 heterocycles. The second kappa shape index (κ2) is 8.88. The summed E-state index contributed by atoms with van der Waals surface area (Å²) in [4.78, 5) is 43.5. The van der Waals surface area contributed by atoms with E-state index < -0.39 is 6.04 Å². The number of aryl methyl sites for hydroxylation is 1. The van der Waals surface area contributed by atoms with Crippen LogP contribution in [0.25, 0.3) is 0 Å². The van der Waals surface area contributed by atoms with Gasteiger partial charge in [-0.15, -0.1) is 0 Å². The zero-order chi connectivity index (χ0) is 22.0. The predicted molar refractivity (Wildman–Crippen MR) is 113 cm³/mol. The van der Waals surface area contributed by atoms with Crippen LogP contribution in [0.1, 0.15) is 23.1 Å². The maximum Gasteiger partial charge on any atom is 0.246 e. The minimum absolute atomic E-state index is 0.000199. The van der Waals surface area contributed by atoms with E-state index in [9.17, 15) is 18.8 Å². The Morgan fingerprint density at radius 2 is 1.81 bits per heavy atom. The highest BCUT2D eigenvalue weighted by Gasteiger charge is 2.41. The highest BCUT2D eigenvalue weighted by atomic mass is 19.1. The van der Waals surface area contributed by atoms with Crippen molar-refractivity contribution >= 4 is 17.7 Å². The van der Waals surface area contributed by atoms with Crippen molar-refractivity contribution in [1.82, 2.24) is 14.7 Å². The zero-order valence-electron chi connectivity index (χ0n) is 17.6. The molecule has 0 saturated carbocycles. The van der Waals surface area contributed by atoms with Crippen LogP contribution in [0.15, 0.2) is 48.5 Å². The Balaban J connectivity index is 1.42. The maximum absolute atomic E-state index is 13.5.